The number of thioether (sulfide) groups is 1. The first-order valence-corrected chi connectivity index (χ1v) is 9.44. The maximum Gasteiger partial charge on any atom is 0.341 e. The summed E-state index contributed by atoms with van der Waals surface area (Å²) in [5.74, 6) is -0.177. The van der Waals surface area contributed by atoms with Crippen LogP contribution in [0.1, 0.15) is 5.56 Å². The predicted octanol–water partition coefficient (Wildman–Crippen LogP) is 3.41. The third kappa shape index (κ3) is 5.11. The second kappa shape index (κ2) is 8.90. The molecule has 1 amide bonds. The Bertz CT molecular complexity index is 917. The molecular formula is C19H17ClN2O5S. The average Bonchev–Trinajstić information content (AvgIpc) is 3.00. The summed E-state index contributed by atoms with van der Waals surface area (Å²) >= 11 is 7.37. The molecule has 1 unspecified atom stereocenters. The molecule has 2 aromatic rings. The van der Waals surface area contributed by atoms with E-state index in [1.165, 1.54) is 11.8 Å². The van der Waals surface area contributed by atoms with Crippen molar-refractivity contribution in [1.82, 2.24) is 5.32 Å². The number of rotatable bonds is 7. The van der Waals surface area contributed by atoms with E-state index in [1.807, 2.05) is 0 Å². The van der Waals surface area contributed by atoms with Gasteiger partial charge in [0.05, 0.1) is 17.7 Å². The molecule has 2 aromatic carbocycles. The van der Waals surface area contributed by atoms with E-state index < -0.39 is 12.6 Å². The first-order valence-electron chi connectivity index (χ1n) is 8.18. The SMILES string of the molecule is COc1ccc(Cl)cc1NC1NC(=O)/C(=C/c2ccc(OCC(=O)O)cc2)S1. The van der Waals surface area contributed by atoms with Crippen LogP contribution in [0.25, 0.3) is 6.08 Å². The normalized spacial score (nSPS) is 17.3. The van der Waals surface area contributed by atoms with Gasteiger partial charge in [0.15, 0.2) is 12.1 Å². The second-order valence-electron chi connectivity index (χ2n) is 5.72. The van der Waals surface area contributed by atoms with Gasteiger partial charge in [-0.25, -0.2) is 4.79 Å². The summed E-state index contributed by atoms with van der Waals surface area (Å²) in [5.41, 5.74) is 1.10. The molecule has 0 aliphatic carbocycles. The standard InChI is InChI=1S/C19H17ClN2O5S/c1-26-15-7-4-12(20)9-14(15)21-19-22-18(25)16(28-19)8-11-2-5-13(6-3-11)27-10-17(23)24/h2-9,19,21H,10H2,1H3,(H,22,25)(H,23,24)/b16-8-. The number of anilines is 1. The highest BCUT2D eigenvalue weighted by Gasteiger charge is 2.27. The lowest BCUT2D eigenvalue weighted by atomic mass is 10.2. The maximum absolute atomic E-state index is 12.3. The van der Waals surface area contributed by atoms with Gasteiger partial charge in [0, 0.05) is 5.02 Å². The number of carboxylic acid groups (broad SMARTS) is 1. The van der Waals surface area contributed by atoms with Crippen LogP contribution in [0.15, 0.2) is 47.4 Å². The van der Waals surface area contributed by atoms with Gasteiger partial charge in [-0.15, -0.1) is 0 Å². The lowest BCUT2D eigenvalue weighted by Crippen LogP contribution is -2.31. The van der Waals surface area contributed by atoms with Gasteiger partial charge in [-0.05, 0) is 42.0 Å². The smallest absolute Gasteiger partial charge is 0.341 e. The van der Waals surface area contributed by atoms with Crippen molar-refractivity contribution in [2.75, 3.05) is 19.0 Å². The molecule has 0 spiro atoms. The van der Waals surface area contributed by atoms with Crippen LogP contribution in [-0.4, -0.2) is 36.2 Å². The number of halogens is 1. The van der Waals surface area contributed by atoms with Gasteiger partial charge in [0.2, 0.25) is 0 Å². The lowest BCUT2D eigenvalue weighted by Gasteiger charge is -2.15. The molecule has 28 heavy (non-hydrogen) atoms. The Morgan fingerprint density at radius 3 is 2.75 bits per heavy atom. The van der Waals surface area contributed by atoms with E-state index in [4.69, 9.17) is 26.2 Å². The van der Waals surface area contributed by atoms with Crippen LogP contribution in [-0.2, 0) is 9.59 Å². The summed E-state index contributed by atoms with van der Waals surface area (Å²) in [6, 6.07) is 12.0. The van der Waals surface area contributed by atoms with E-state index in [0.717, 1.165) is 5.56 Å². The molecule has 9 heteroatoms. The van der Waals surface area contributed by atoms with Crippen LogP contribution in [0.4, 0.5) is 5.69 Å². The molecule has 146 valence electrons. The van der Waals surface area contributed by atoms with Gasteiger partial charge in [-0.1, -0.05) is 35.5 Å². The molecule has 1 fully saturated rings. The number of benzene rings is 2. The van der Waals surface area contributed by atoms with E-state index in [1.54, 1.807) is 55.7 Å². The first-order chi connectivity index (χ1) is 13.4. The summed E-state index contributed by atoms with van der Waals surface area (Å²) in [4.78, 5) is 23.3. The van der Waals surface area contributed by atoms with Gasteiger partial charge in [-0.2, -0.15) is 0 Å². The predicted molar refractivity (Wildman–Crippen MR) is 109 cm³/mol. The molecule has 0 bridgehead atoms. The number of ether oxygens (including phenoxy) is 2. The molecule has 3 N–H and O–H groups in total. The molecule has 1 atom stereocenters. The Hall–Kier alpha value is -2.84. The minimum absolute atomic E-state index is 0.199. The zero-order chi connectivity index (χ0) is 20.1. The van der Waals surface area contributed by atoms with E-state index in [9.17, 15) is 9.59 Å². The number of aliphatic carboxylic acids is 1. The molecule has 0 radical (unpaired) electrons. The van der Waals surface area contributed by atoms with Crippen LogP contribution < -0.4 is 20.1 Å². The molecular weight excluding hydrogens is 404 g/mol. The fraction of sp³-hybridized carbons (Fsp3) is 0.158. The third-order valence-corrected chi connectivity index (χ3v) is 4.98. The molecule has 1 aliphatic rings. The summed E-state index contributed by atoms with van der Waals surface area (Å²) < 4.78 is 10.4. The zero-order valence-electron chi connectivity index (χ0n) is 14.8. The van der Waals surface area contributed by atoms with E-state index in [0.29, 0.717) is 27.1 Å². The Kier molecular flexibility index (Phi) is 6.33. The minimum Gasteiger partial charge on any atom is -0.495 e. The van der Waals surface area contributed by atoms with Crippen LogP contribution in [0.5, 0.6) is 11.5 Å². The third-order valence-electron chi connectivity index (χ3n) is 3.72. The summed E-state index contributed by atoms with van der Waals surface area (Å²) in [5, 5.41) is 15.2. The molecule has 7 nitrogen and oxygen atoms in total. The zero-order valence-corrected chi connectivity index (χ0v) is 16.3. The van der Waals surface area contributed by atoms with Crippen molar-refractivity contribution < 1.29 is 24.2 Å². The molecule has 0 saturated carbocycles. The van der Waals surface area contributed by atoms with E-state index in [2.05, 4.69) is 10.6 Å². The number of amides is 1. The van der Waals surface area contributed by atoms with Gasteiger partial charge in [0.1, 0.15) is 11.5 Å². The maximum atomic E-state index is 12.3. The Labute approximate surface area is 170 Å². The van der Waals surface area contributed by atoms with Crippen molar-refractivity contribution in [2.24, 2.45) is 0 Å². The number of methoxy groups -OCH3 is 1. The average molecular weight is 421 g/mol. The van der Waals surface area contributed by atoms with E-state index in [-0.39, 0.29) is 11.4 Å². The quantitative estimate of drug-likeness (QED) is 0.590. The van der Waals surface area contributed by atoms with Crippen molar-refractivity contribution in [3.63, 3.8) is 0 Å². The van der Waals surface area contributed by atoms with Crippen molar-refractivity contribution in [3.05, 3.63) is 58.0 Å². The number of hydrogen-bond donors (Lipinski definition) is 3. The Morgan fingerprint density at radius 1 is 1.32 bits per heavy atom. The molecule has 1 saturated heterocycles. The highest BCUT2D eigenvalue weighted by Crippen LogP contribution is 2.34. The summed E-state index contributed by atoms with van der Waals surface area (Å²) in [7, 11) is 1.56. The Balaban J connectivity index is 1.67. The monoisotopic (exact) mass is 420 g/mol. The highest BCUT2D eigenvalue weighted by atomic mass is 35.5. The van der Waals surface area contributed by atoms with Crippen LogP contribution >= 0.6 is 23.4 Å². The molecule has 3 rings (SSSR count). The second-order valence-corrected chi connectivity index (χ2v) is 7.30. The molecule has 1 aliphatic heterocycles. The summed E-state index contributed by atoms with van der Waals surface area (Å²) in [6.45, 7) is -0.404. The Morgan fingerprint density at radius 2 is 2.07 bits per heavy atom. The highest BCUT2D eigenvalue weighted by molar-refractivity contribution is 8.05. The fourth-order valence-electron chi connectivity index (χ4n) is 2.46. The van der Waals surface area contributed by atoms with Crippen LogP contribution in [0.2, 0.25) is 5.02 Å². The number of carbonyl (C=O) groups is 2. The van der Waals surface area contributed by atoms with Gasteiger partial charge < -0.3 is 25.2 Å². The van der Waals surface area contributed by atoms with Crippen molar-refractivity contribution in [1.29, 1.82) is 0 Å². The summed E-state index contributed by atoms with van der Waals surface area (Å²) in [6.07, 6.45) is 1.75. The number of carbonyl (C=O) groups excluding carboxylic acids is 1. The molecule has 1 heterocycles. The fourth-order valence-corrected chi connectivity index (χ4v) is 3.60. The minimum atomic E-state index is -1.04. The van der Waals surface area contributed by atoms with Crippen molar-refractivity contribution in [2.45, 2.75) is 5.50 Å². The topological polar surface area (TPSA) is 96.9 Å². The van der Waals surface area contributed by atoms with Gasteiger partial charge in [0.25, 0.3) is 5.91 Å². The number of hydrogen-bond acceptors (Lipinski definition) is 6. The van der Waals surface area contributed by atoms with E-state index >= 15 is 0 Å². The lowest BCUT2D eigenvalue weighted by molar-refractivity contribution is -0.139. The number of nitrogens with one attached hydrogen (secondary N) is 2. The first kappa shape index (κ1) is 19.9. The number of carboxylic acids is 1. The van der Waals surface area contributed by atoms with Crippen molar-refractivity contribution in [3.8, 4) is 11.5 Å². The van der Waals surface area contributed by atoms with Crippen LogP contribution in [0, 0.1) is 0 Å². The van der Waals surface area contributed by atoms with Gasteiger partial charge in [-0.3, -0.25) is 4.79 Å². The molecule has 0 aromatic heterocycles. The van der Waals surface area contributed by atoms with Crippen molar-refractivity contribution >= 4 is 47.0 Å². The van der Waals surface area contributed by atoms with Crippen LogP contribution in [0.3, 0.4) is 0 Å². The van der Waals surface area contributed by atoms with Gasteiger partial charge >= 0.3 is 5.97 Å². The largest absolute Gasteiger partial charge is 0.495 e.